The molecule has 0 aromatic heterocycles. The van der Waals surface area contributed by atoms with Crippen LogP contribution < -0.4 is 5.32 Å². The summed E-state index contributed by atoms with van der Waals surface area (Å²) in [7, 11) is 0. The second kappa shape index (κ2) is 5.56. The van der Waals surface area contributed by atoms with Crippen molar-refractivity contribution in [2.45, 2.75) is 26.2 Å². The van der Waals surface area contributed by atoms with Crippen LogP contribution in [0.3, 0.4) is 0 Å². The highest BCUT2D eigenvalue weighted by Gasteiger charge is 2.13. The second-order valence-corrected chi connectivity index (χ2v) is 3.10. The van der Waals surface area contributed by atoms with Gasteiger partial charge in [-0.05, 0) is 38.8 Å². The van der Waals surface area contributed by atoms with Gasteiger partial charge >= 0.3 is 0 Å². The first-order valence-corrected chi connectivity index (χ1v) is 3.99. The molecular formula is C8H16ClNO. The average molecular weight is 178 g/mol. The summed E-state index contributed by atoms with van der Waals surface area (Å²) in [5, 5.41) is 3.28. The summed E-state index contributed by atoms with van der Waals surface area (Å²) < 4.78 is 0. The van der Waals surface area contributed by atoms with Crippen molar-refractivity contribution in [2.75, 3.05) is 13.1 Å². The maximum atomic E-state index is 10.7. The Morgan fingerprint density at radius 1 is 1.45 bits per heavy atom. The smallest absolute Gasteiger partial charge is 0.130 e. The molecule has 11 heavy (non-hydrogen) atoms. The number of halogens is 1. The van der Waals surface area contributed by atoms with Crippen molar-refractivity contribution in [3.63, 3.8) is 0 Å². The van der Waals surface area contributed by atoms with E-state index in [2.05, 4.69) is 5.32 Å². The third-order valence-electron chi connectivity index (χ3n) is 2.03. The molecule has 66 valence electrons. The van der Waals surface area contributed by atoms with Crippen molar-refractivity contribution in [3.8, 4) is 0 Å². The van der Waals surface area contributed by atoms with Crippen LogP contribution in [0, 0.1) is 5.92 Å². The van der Waals surface area contributed by atoms with Gasteiger partial charge in [0.1, 0.15) is 5.78 Å². The normalized spacial score (nSPS) is 19.0. The Kier molecular flexibility index (Phi) is 5.51. The fourth-order valence-electron chi connectivity index (χ4n) is 1.49. The number of ketones is 1. The first-order chi connectivity index (χ1) is 4.79. The molecule has 0 aromatic carbocycles. The third kappa shape index (κ3) is 4.38. The summed E-state index contributed by atoms with van der Waals surface area (Å²) in [6, 6.07) is 0. The number of carbonyl (C=O) groups excluding carboxylic acids is 1. The SMILES string of the molecule is CC(=O)CC1CCNCC1.Cl. The average Bonchev–Trinajstić information content (AvgIpc) is 1.88. The van der Waals surface area contributed by atoms with E-state index in [0.29, 0.717) is 11.7 Å². The number of Topliss-reactive ketones (excluding diaryl/α,β-unsaturated/α-hetero) is 1. The minimum Gasteiger partial charge on any atom is -0.317 e. The van der Waals surface area contributed by atoms with Crippen molar-refractivity contribution in [3.05, 3.63) is 0 Å². The molecule has 1 N–H and O–H groups in total. The van der Waals surface area contributed by atoms with E-state index >= 15 is 0 Å². The molecule has 1 rings (SSSR count). The predicted octanol–water partition coefficient (Wildman–Crippen LogP) is 1.39. The van der Waals surface area contributed by atoms with Gasteiger partial charge in [0.05, 0.1) is 0 Å². The number of piperidine rings is 1. The fraction of sp³-hybridized carbons (Fsp3) is 0.875. The maximum absolute atomic E-state index is 10.7. The zero-order valence-electron chi connectivity index (χ0n) is 6.93. The van der Waals surface area contributed by atoms with E-state index in [1.54, 1.807) is 6.92 Å². The van der Waals surface area contributed by atoms with Gasteiger partial charge in [-0.1, -0.05) is 0 Å². The van der Waals surface area contributed by atoms with E-state index in [4.69, 9.17) is 0 Å². The minimum atomic E-state index is 0. The Balaban J connectivity index is 0.000001000. The van der Waals surface area contributed by atoms with Crippen LogP contribution in [0.5, 0.6) is 0 Å². The lowest BCUT2D eigenvalue weighted by atomic mass is 9.93. The molecule has 1 heterocycles. The van der Waals surface area contributed by atoms with Crippen LogP contribution in [0.4, 0.5) is 0 Å². The molecular weight excluding hydrogens is 162 g/mol. The summed E-state index contributed by atoms with van der Waals surface area (Å²) in [6.07, 6.45) is 3.15. The first kappa shape index (κ1) is 10.9. The molecule has 0 amide bonds. The number of carbonyl (C=O) groups is 1. The molecule has 2 nitrogen and oxygen atoms in total. The molecule has 0 saturated carbocycles. The lowest BCUT2D eigenvalue weighted by Crippen LogP contribution is -2.28. The molecule has 0 radical (unpaired) electrons. The Morgan fingerprint density at radius 3 is 2.45 bits per heavy atom. The van der Waals surface area contributed by atoms with Crippen LogP contribution in [-0.2, 0) is 4.79 Å². The van der Waals surface area contributed by atoms with Crippen molar-refractivity contribution >= 4 is 18.2 Å². The van der Waals surface area contributed by atoms with Crippen LogP contribution in [0.25, 0.3) is 0 Å². The molecule has 1 aliphatic heterocycles. The van der Waals surface area contributed by atoms with Crippen LogP contribution in [0.1, 0.15) is 26.2 Å². The highest BCUT2D eigenvalue weighted by atomic mass is 35.5. The molecule has 0 bridgehead atoms. The first-order valence-electron chi connectivity index (χ1n) is 3.99. The molecule has 3 heteroatoms. The van der Waals surface area contributed by atoms with E-state index in [1.807, 2.05) is 0 Å². The van der Waals surface area contributed by atoms with E-state index in [0.717, 1.165) is 19.5 Å². The minimum absolute atomic E-state index is 0. The van der Waals surface area contributed by atoms with Crippen molar-refractivity contribution in [1.82, 2.24) is 5.32 Å². The summed E-state index contributed by atoms with van der Waals surface area (Å²) in [4.78, 5) is 10.7. The third-order valence-corrected chi connectivity index (χ3v) is 2.03. The summed E-state index contributed by atoms with van der Waals surface area (Å²) in [6.45, 7) is 3.87. The van der Waals surface area contributed by atoms with Gasteiger partial charge < -0.3 is 10.1 Å². The predicted molar refractivity (Wildman–Crippen MR) is 48.1 cm³/mol. The highest BCUT2D eigenvalue weighted by Crippen LogP contribution is 2.15. The lowest BCUT2D eigenvalue weighted by Gasteiger charge is -2.20. The second-order valence-electron chi connectivity index (χ2n) is 3.10. The Hall–Kier alpha value is -0.0800. The van der Waals surface area contributed by atoms with E-state index in [9.17, 15) is 4.79 Å². The highest BCUT2D eigenvalue weighted by molar-refractivity contribution is 5.85. The fourth-order valence-corrected chi connectivity index (χ4v) is 1.49. The van der Waals surface area contributed by atoms with Crippen LogP contribution >= 0.6 is 12.4 Å². The summed E-state index contributed by atoms with van der Waals surface area (Å²) >= 11 is 0. The largest absolute Gasteiger partial charge is 0.317 e. The van der Waals surface area contributed by atoms with Crippen molar-refractivity contribution < 1.29 is 4.79 Å². The van der Waals surface area contributed by atoms with Crippen LogP contribution in [0.2, 0.25) is 0 Å². The Morgan fingerprint density at radius 2 is 2.00 bits per heavy atom. The molecule has 0 aliphatic carbocycles. The zero-order valence-corrected chi connectivity index (χ0v) is 7.75. The number of nitrogens with one attached hydrogen (secondary N) is 1. The molecule has 1 aliphatic rings. The number of rotatable bonds is 2. The van der Waals surface area contributed by atoms with E-state index < -0.39 is 0 Å². The molecule has 0 aromatic rings. The van der Waals surface area contributed by atoms with Gasteiger partial charge in [0.25, 0.3) is 0 Å². The van der Waals surface area contributed by atoms with Gasteiger partial charge in [-0.15, -0.1) is 12.4 Å². The summed E-state index contributed by atoms with van der Waals surface area (Å²) in [5.74, 6) is 1.01. The van der Waals surface area contributed by atoms with E-state index in [1.165, 1.54) is 12.8 Å². The Labute approximate surface area is 74.2 Å². The zero-order chi connectivity index (χ0) is 7.40. The molecule has 1 fully saturated rings. The van der Waals surface area contributed by atoms with Gasteiger partial charge in [-0.2, -0.15) is 0 Å². The van der Waals surface area contributed by atoms with Gasteiger partial charge in [0.15, 0.2) is 0 Å². The molecule has 0 unspecified atom stereocenters. The summed E-state index contributed by atoms with van der Waals surface area (Å²) in [5.41, 5.74) is 0. The lowest BCUT2D eigenvalue weighted by molar-refractivity contribution is -0.118. The van der Waals surface area contributed by atoms with Gasteiger partial charge in [-0.3, -0.25) is 0 Å². The number of hydrogen-bond acceptors (Lipinski definition) is 2. The number of hydrogen-bond donors (Lipinski definition) is 1. The molecule has 0 spiro atoms. The maximum Gasteiger partial charge on any atom is 0.130 e. The van der Waals surface area contributed by atoms with Gasteiger partial charge in [0, 0.05) is 6.42 Å². The molecule has 0 atom stereocenters. The quantitative estimate of drug-likeness (QED) is 0.691. The van der Waals surface area contributed by atoms with Gasteiger partial charge in [-0.25, -0.2) is 0 Å². The standard InChI is InChI=1S/C8H15NO.ClH/c1-7(10)6-8-2-4-9-5-3-8;/h8-9H,2-6H2,1H3;1H. The van der Waals surface area contributed by atoms with Crippen molar-refractivity contribution in [1.29, 1.82) is 0 Å². The Bertz CT molecular complexity index is 121. The van der Waals surface area contributed by atoms with Crippen LogP contribution in [0.15, 0.2) is 0 Å². The molecule has 1 saturated heterocycles. The topological polar surface area (TPSA) is 29.1 Å². The van der Waals surface area contributed by atoms with Crippen molar-refractivity contribution in [2.24, 2.45) is 5.92 Å². The van der Waals surface area contributed by atoms with Crippen LogP contribution in [-0.4, -0.2) is 18.9 Å². The van der Waals surface area contributed by atoms with Gasteiger partial charge in [0.2, 0.25) is 0 Å². The monoisotopic (exact) mass is 177 g/mol. The van der Waals surface area contributed by atoms with E-state index in [-0.39, 0.29) is 12.4 Å².